The van der Waals surface area contributed by atoms with Crippen LogP contribution in [0.2, 0.25) is 0 Å². The molecule has 1 aliphatic rings. The van der Waals surface area contributed by atoms with Crippen LogP contribution in [0.1, 0.15) is 29.2 Å². The molecule has 22 heavy (non-hydrogen) atoms. The van der Waals surface area contributed by atoms with Gasteiger partial charge in [0.05, 0.1) is 14.2 Å². The monoisotopic (exact) mass is 301 g/mol. The minimum absolute atomic E-state index is 0.153. The Morgan fingerprint density at radius 1 is 1.09 bits per heavy atom. The van der Waals surface area contributed by atoms with E-state index in [0.29, 0.717) is 0 Å². The molecule has 3 nitrogen and oxygen atoms in total. The smallest absolute Gasteiger partial charge is 0.161 e. The van der Waals surface area contributed by atoms with Crippen LogP contribution < -0.4 is 14.8 Å². The fourth-order valence-electron chi connectivity index (χ4n) is 3.03. The van der Waals surface area contributed by atoms with Crippen molar-refractivity contribution in [3.05, 3.63) is 58.9 Å². The molecule has 3 rings (SSSR count). The largest absolute Gasteiger partial charge is 0.493 e. The van der Waals surface area contributed by atoms with Crippen molar-refractivity contribution >= 4 is 0 Å². The molecule has 0 aliphatic heterocycles. The van der Waals surface area contributed by atoms with Crippen LogP contribution in [0.25, 0.3) is 0 Å². The Balaban J connectivity index is 1.69. The molecule has 0 heterocycles. The third-order valence-electron chi connectivity index (χ3n) is 4.18. The van der Waals surface area contributed by atoms with Crippen LogP contribution in [0, 0.1) is 5.82 Å². The molecule has 0 radical (unpaired) electrons. The number of rotatable bonds is 5. The van der Waals surface area contributed by atoms with Crippen LogP contribution in [0.3, 0.4) is 0 Å². The second kappa shape index (κ2) is 6.36. The lowest BCUT2D eigenvalue weighted by molar-refractivity contribution is 0.354. The average Bonchev–Trinajstić information content (AvgIpc) is 2.94. The van der Waals surface area contributed by atoms with Crippen LogP contribution in [-0.2, 0) is 13.0 Å². The SMILES string of the molecule is COc1ccc(CN[C@H]2CCc3cc(F)ccc32)cc1OC. The summed E-state index contributed by atoms with van der Waals surface area (Å²) in [5.41, 5.74) is 3.46. The van der Waals surface area contributed by atoms with E-state index >= 15 is 0 Å². The number of hydrogen-bond acceptors (Lipinski definition) is 3. The van der Waals surface area contributed by atoms with Gasteiger partial charge in [-0.15, -0.1) is 0 Å². The van der Waals surface area contributed by atoms with Crippen molar-refractivity contribution in [2.75, 3.05) is 14.2 Å². The summed E-state index contributed by atoms with van der Waals surface area (Å²) in [5, 5.41) is 3.54. The number of methoxy groups -OCH3 is 2. The van der Waals surface area contributed by atoms with Gasteiger partial charge in [0.1, 0.15) is 5.82 Å². The van der Waals surface area contributed by atoms with E-state index in [4.69, 9.17) is 9.47 Å². The van der Waals surface area contributed by atoms with Crippen LogP contribution >= 0.6 is 0 Å². The molecular weight excluding hydrogens is 281 g/mol. The van der Waals surface area contributed by atoms with E-state index in [-0.39, 0.29) is 11.9 Å². The predicted octanol–water partition coefficient (Wildman–Crippen LogP) is 3.62. The maximum atomic E-state index is 13.2. The number of fused-ring (bicyclic) bond motifs is 1. The number of ether oxygens (including phenoxy) is 2. The first-order valence-corrected chi connectivity index (χ1v) is 7.44. The highest BCUT2D eigenvalue weighted by atomic mass is 19.1. The molecule has 0 amide bonds. The van der Waals surface area contributed by atoms with Gasteiger partial charge in [-0.2, -0.15) is 0 Å². The highest BCUT2D eigenvalue weighted by molar-refractivity contribution is 5.43. The quantitative estimate of drug-likeness (QED) is 0.915. The molecule has 2 aromatic rings. The van der Waals surface area contributed by atoms with Crippen molar-refractivity contribution in [3.8, 4) is 11.5 Å². The zero-order valence-corrected chi connectivity index (χ0v) is 12.9. The van der Waals surface area contributed by atoms with Crippen molar-refractivity contribution in [1.82, 2.24) is 5.32 Å². The Bertz CT molecular complexity index is 672. The van der Waals surface area contributed by atoms with Gasteiger partial charge >= 0.3 is 0 Å². The lowest BCUT2D eigenvalue weighted by atomic mass is 10.1. The first-order valence-electron chi connectivity index (χ1n) is 7.44. The second-order valence-corrected chi connectivity index (χ2v) is 5.50. The van der Waals surface area contributed by atoms with Gasteiger partial charge in [-0.25, -0.2) is 4.39 Å². The van der Waals surface area contributed by atoms with E-state index in [1.807, 2.05) is 24.3 Å². The van der Waals surface area contributed by atoms with E-state index in [0.717, 1.165) is 42.0 Å². The first kappa shape index (κ1) is 14.9. The zero-order valence-electron chi connectivity index (χ0n) is 12.9. The minimum atomic E-state index is -0.153. The van der Waals surface area contributed by atoms with Crippen LogP contribution in [0.15, 0.2) is 36.4 Å². The average molecular weight is 301 g/mol. The van der Waals surface area contributed by atoms with Crippen molar-refractivity contribution in [2.24, 2.45) is 0 Å². The Hall–Kier alpha value is -2.07. The molecule has 0 unspecified atom stereocenters. The lowest BCUT2D eigenvalue weighted by Gasteiger charge is -2.15. The third-order valence-corrected chi connectivity index (χ3v) is 4.18. The topological polar surface area (TPSA) is 30.5 Å². The maximum Gasteiger partial charge on any atom is 0.161 e. The number of halogens is 1. The maximum absolute atomic E-state index is 13.2. The Morgan fingerprint density at radius 3 is 2.68 bits per heavy atom. The van der Waals surface area contributed by atoms with Crippen molar-refractivity contribution in [1.29, 1.82) is 0 Å². The molecule has 116 valence electrons. The molecule has 4 heteroatoms. The molecule has 2 aromatic carbocycles. The van der Waals surface area contributed by atoms with E-state index < -0.39 is 0 Å². The lowest BCUT2D eigenvalue weighted by Crippen LogP contribution is -2.18. The third kappa shape index (κ3) is 2.92. The summed E-state index contributed by atoms with van der Waals surface area (Å²) in [4.78, 5) is 0. The van der Waals surface area contributed by atoms with Gasteiger partial charge in [0.25, 0.3) is 0 Å². The van der Waals surface area contributed by atoms with Gasteiger partial charge in [-0.05, 0) is 53.8 Å². The van der Waals surface area contributed by atoms with E-state index in [1.54, 1.807) is 20.3 Å². The predicted molar refractivity (Wildman–Crippen MR) is 83.8 cm³/mol. The Kier molecular flexibility index (Phi) is 4.29. The molecule has 0 saturated carbocycles. The first-order chi connectivity index (χ1) is 10.7. The van der Waals surface area contributed by atoms with Gasteiger partial charge in [-0.3, -0.25) is 0 Å². The zero-order chi connectivity index (χ0) is 15.5. The summed E-state index contributed by atoms with van der Waals surface area (Å²) in [7, 11) is 3.27. The molecule has 0 spiro atoms. The molecule has 1 atom stereocenters. The normalized spacial score (nSPS) is 16.4. The summed E-state index contributed by atoms with van der Waals surface area (Å²) in [6.07, 6.45) is 1.93. The Labute approximate surface area is 130 Å². The van der Waals surface area contributed by atoms with Crippen LogP contribution in [0.5, 0.6) is 11.5 Å². The van der Waals surface area contributed by atoms with Crippen LogP contribution in [-0.4, -0.2) is 14.2 Å². The Morgan fingerprint density at radius 2 is 1.91 bits per heavy atom. The second-order valence-electron chi connectivity index (χ2n) is 5.50. The molecule has 1 aliphatic carbocycles. The fraction of sp³-hybridized carbons (Fsp3) is 0.333. The molecule has 0 saturated heterocycles. The number of nitrogens with one attached hydrogen (secondary N) is 1. The number of hydrogen-bond donors (Lipinski definition) is 1. The van der Waals surface area contributed by atoms with E-state index in [9.17, 15) is 4.39 Å². The molecule has 0 aromatic heterocycles. The summed E-state index contributed by atoms with van der Waals surface area (Å²) in [6, 6.07) is 11.3. The van der Waals surface area contributed by atoms with Crippen molar-refractivity contribution in [2.45, 2.75) is 25.4 Å². The van der Waals surface area contributed by atoms with Gasteiger partial charge in [0, 0.05) is 12.6 Å². The van der Waals surface area contributed by atoms with Gasteiger partial charge in [-0.1, -0.05) is 12.1 Å². The minimum Gasteiger partial charge on any atom is -0.493 e. The molecule has 0 fully saturated rings. The van der Waals surface area contributed by atoms with E-state index in [2.05, 4.69) is 5.32 Å². The molecular formula is C18H20FNO2. The van der Waals surface area contributed by atoms with Crippen molar-refractivity contribution < 1.29 is 13.9 Å². The van der Waals surface area contributed by atoms with Gasteiger partial charge < -0.3 is 14.8 Å². The summed E-state index contributed by atoms with van der Waals surface area (Å²) in [5.74, 6) is 1.31. The molecule has 0 bridgehead atoms. The summed E-state index contributed by atoms with van der Waals surface area (Å²) in [6.45, 7) is 0.738. The molecule has 1 N–H and O–H groups in total. The van der Waals surface area contributed by atoms with Gasteiger partial charge in [0.2, 0.25) is 0 Å². The number of benzene rings is 2. The van der Waals surface area contributed by atoms with Crippen molar-refractivity contribution in [3.63, 3.8) is 0 Å². The fourth-order valence-corrected chi connectivity index (χ4v) is 3.03. The highest BCUT2D eigenvalue weighted by Crippen LogP contribution is 2.32. The summed E-state index contributed by atoms with van der Waals surface area (Å²) >= 11 is 0. The highest BCUT2D eigenvalue weighted by Gasteiger charge is 2.22. The van der Waals surface area contributed by atoms with Gasteiger partial charge in [0.15, 0.2) is 11.5 Å². The van der Waals surface area contributed by atoms with Crippen LogP contribution in [0.4, 0.5) is 4.39 Å². The summed E-state index contributed by atoms with van der Waals surface area (Å²) < 4.78 is 23.8. The standard InChI is InChI=1S/C18H20FNO2/c1-21-17-8-3-12(9-18(17)22-2)11-20-16-7-4-13-10-14(19)5-6-15(13)16/h3,5-6,8-10,16,20H,4,7,11H2,1-2H3/t16-/m0/s1. The number of aryl methyl sites for hydroxylation is 1. The van der Waals surface area contributed by atoms with E-state index in [1.165, 1.54) is 11.6 Å².